The Morgan fingerprint density at radius 2 is 1.94 bits per heavy atom. The number of likely N-dealkylation sites (N-methyl/N-ethyl adjacent to an activating group) is 1. The predicted molar refractivity (Wildman–Crippen MR) is 58.7 cm³/mol. The second-order valence-electron chi connectivity index (χ2n) is 3.51. The monoisotopic (exact) mass is 374 g/mol. The van der Waals surface area contributed by atoms with Gasteiger partial charge in [-0.1, -0.05) is 29.5 Å². The highest BCUT2D eigenvalue weighted by Gasteiger charge is 2.66. The van der Waals surface area contributed by atoms with Crippen molar-refractivity contribution in [3.8, 4) is 0 Å². The Balaban J connectivity index is 3.06. The molecule has 102 valence electrons. The van der Waals surface area contributed by atoms with Crippen LogP contribution in [0.4, 0.5) is 22.0 Å². The van der Waals surface area contributed by atoms with Crippen molar-refractivity contribution >= 4 is 22.6 Å². The van der Waals surface area contributed by atoms with Gasteiger partial charge in [0.1, 0.15) is 10.7 Å². The number of methoxy groups -OCH3 is 1. The highest BCUT2D eigenvalue weighted by atomic mass is 127. The molecule has 17 heavy (non-hydrogen) atoms. The molecule has 1 fully saturated rings. The number of rotatable bonds is 4. The lowest BCUT2D eigenvalue weighted by atomic mass is 10.4. The van der Waals surface area contributed by atoms with E-state index in [1.807, 2.05) is 0 Å². The van der Waals surface area contributed by atoms with Gasteiger partial charge >= 0.3 is 12.2 Å². The van der Waals surface area contributed by atoms with Gasteiger partial charge < -0.3 is 4.74 Å². The van der Waals surface area contributed by atoms with Gasteiger partial charge in [0.2, 0.25) is 0 Å². The number of alkyl halides is 6. The Hall–Kier alpha value is 0.260. The van der Waals surface area contributed by atoms with Crippen molar-refractivity contribution in [2.45, 2.75) is 29.5 Å². The highest BCUT2D eigenvalue weighted by Crippen LogP contribution is 2.46. The minimum atomic E-state index is -4.04. The van der Waals surface area contributed by atoms with E-state index >= 15 is 0 Å². The normalized spacial score (nSPS) is 31.1. The zero-order chi connectivity index (χ0) is 13.4. The summed E-state index contributed by atoms with van der Waals surface area (Å²) in [5.41, 5.74) is 0. The zero-order valence-electron chi connectivity index (χ0n) is 9.14. The minimum Gasteiger partial charge on any atom is -0.377 e. The molecule has 0 amide bonds. The summed E-state index contributed by atoms with van der Waals surface area (Å²) in [4.78, 5) is -0.355. The van der Waals surface area contributed by atoms with Crippen LogP contribution in [-0.4, -0.2) is 52.6 Å². The summed E-state index contributed by atoms with van der Waals surface area (Å²) < 4.78 is 70.4. The first-order chi connectivity index (χ1) is 7.70. The fraction of sp³-hybridized carbons (Fsp3) is 1.00. The molecule has 0 saturated carbocycles. The number of hydrogen-bond donors (Lipinski definition) is 0. The molecule has 2 unspecified atom stereocenters. The molecule has 3 nitrogen and oxygen atoms in total. The number of hydrogen-bond acceptors (Lipinski definition) is 3. The van der Waals surface area contributed by atoms with Gasteiger partial charge in [-0.25, -0.2) is 4.39 Å². The second kappa shape index (κ2) is 5.10. The molecule has 2 atom stereocenters. The van der Waals surface area contributed by atoms with Crippen LogP contribution >= 0.6 is 22.6 Å². The molecule has 0 aromatic carbocycles. The van der Waals surface area contributed by atoms with Gasteiger partial charge in [0.05, 0.1) is 0 Å². The topological polar surface area (TPSA) is 15.7 Å². The lowest BCUT2D eigenvalue weighted by Crippen LogP contribution is -2.56. The summed E-state index contributed by atoms with van der Waals surface area (Å²) in [7, 11) is 0.967. The molecule has 1 aliphatic rings. The van der Waals surface area contributed by atoms with Gasteiger partial charge in [0.25, 0.3) is 0 Å². The van der Waals surface area contributed by atoms with E-state index in [0.29, 0.717) is 0 Å². The van der Waals surface area contributed by atoms with Crippen molar-refractivity contribution in [3.05, 3.63) is 0 Å². The Kier molecular flexibility index (Phi) is 4.59. The first-order valence-electron chi connectivity index (χ1n) is 4.79. The van der Waals surface area contributed by atoms with Crippen molar-refractivity contribution in [2.75, 3.05) is 20.3 Å². The third kappa shape index (κ3) is 2.51. The van der Waals surface area contributed by atoms with Gasteiger partial charge in [-0.2, -0.15) is 27.4 Å². The van der Waals surface area contributed by atoms with Crippen molar-refractivity contribution in [2.24, 2.45) is 0 Å². The van der Waals surface area contributed by atoms with Crippen molar-refractivity contribution < 1.29 is 26.7 Å². The van der Waals surface area contributed by atoms with Crippen LogP contribution in [0.25, 0.3) is 0 Å². The minimum absolute atomic E-state index is 0.0909. The van der Waals surface area contributed by atoms with E-state index in [2.05, 4.69) is 4.74 Å². The SMILES string of the molecule is CCN1C(F)C(I)N(C(F)(F)COC)C1(F)F. The largest absolute Gasteiger partial charge is 0.377 e. The molecule has 0 bridgehead atoms. The fourth-order valence-electron chi connectivity index (χ4n) is 1.69. The Morgan fingerprint density at radius 3 is 2.29 bits per heavy atom. The van der Waals surface area contributed by atoms with E-state index in [4.69, 9.17) is 0 Å². The number of ether oxygens (including phenoxy) is 1. The van der Waals surface area contributed by atoms with Crippen LogP contribution in [0.1, 0.15) is 6.92 Å². The van der Waals surface area contributed by atoms with E-state index in [1.54, 1.807) is 0 Å². The van der Waals surface area contributed by atoms with Gasteiger partial charge in [-0.15, -0.1) is 0 Å². The molecular formula is C8H12F5IN2O. The van der Waals surface area contributed by atoms with E-state index < -0.39 is 34.1 Å². The van der Waals surface area contributed by atoms with Crippen LogP contribution in [-0.2, 0) is 4.74 Å². The van der Waals surface area contributed by atoms with Crippen LogP contribution < -0.4 is 0 Å². The maximum Gasteiger partial charge on any atom is 0.377 e. The Bertz CT molecular complexity index is 281. The fourth-order valence-corrected chi connectivity index (χ4v) is 2.82. The molecule has 1 aliphatic heterocycles. The predicted octanol–water partition coefficient (Wildman–Crippen LogP) is 2.47. The number of halogens is 6. The average Bonchev–Trinajstić information content (AvgIpc) is 2.33. The first-order valence-corrected chi connectivity index (χ1v) is 6.03. The molecular weight excluding hydrogens is 362 g/mol. The summed E-state index contributed by atoms with van der Waals surface area (Å²) in [6.45, 7) is -0.304. The van der Waals surface area contributed by atoms with E-state index in [1.165, 1.54) is 29.5 Å². The van der Waals surface area contributed by atoms with Gasteiger partial charge in [-0.3, -0.25) is 0 Å². The second-order valence-corrected chi connectivity index (χ2v) is 4.79. The van der Waals surface area contributed by atoms with Crippen LogP contribution in [0.3, 0.4) is 0 Å². The quantitative estimate of drug-likeness (QED) is 0.326. The standard InChI is InChI=1S/C8H12F5IN2O/c1-3-15-5(9)6(14)16(8(15,12)13)7(10,11)4-17-2/h5-6H,3-4H2,1-2H3. The third-order valence-corrected chi connectivity index (χ3v) is 3.57. The van der Waals surface area contributed by atoms with E-state index in [-0.39, 0.29) is 11.4 Å². The maximum atomic E-state index is 13.7. The van der Waals surface area contributed by atoms with E-state index in [9.17, 15) is 22.0 Å². The molecule has 0 radical (unpaired) electrons. The van der Waals surface area contributed by atoms with Gasteiger partial charge in [0.15, 0.2) is 6.30 Å². The van der Waals surface area contributed by atoms with Crippen LogP contribution in [0, 0.1) is 0 Å². The summed E-state index contributed by atoms with van der Waals surface area (Å²) in [5.74, 6) is 0. The summed E-state index contributed by atoms with van der Waals surface area (Å²) in [6, 6.07) is -3.93. The molecule has 0 spiro atoms. The summed E-state index contributed by atoms with van der Waals surface area (Å²) >= 11 is 1.24. The van der Waals surface area contributed by atoms with E-state index in [0.717, 1.165) is 7.11 Å². The Morgan fingerprint density at radius 1 is 1.41 bits per heavy atom. The lowest BCUT2D eigenvalue weighted by Gasteiger charge is -2.34. The third-order valence-electron chi connectivity index (χ3n) is 2.42. The molecule has 0 aliphatic carbocycles. The van der Waals surface area contributed by atoms with Crippen molar-refractivity contribution in [3.63, 3.8) is 0 Å². The lowest BCUT2D eigenvalue weighted by molar-refractivity contribution is -0.311. The van der Waals surface area contributed by atoms with Crippen LogP contribution in [0.5, 0.6) is 0 Å². The Labute approximate surface area is 109 Å². The molecule has 1 rings (SSSR count). The molecule has 0 N–H and O–H groups in total. The molecule has 1 heterocycles. The first kappa shape index (κ1) is 15.3. The van der Waals surface area contributed by atoms with Gasteiger partial charge in [0, 0.05) is 13.7 Å². The molecule has 9 heteroatoms. The zero-order valence-corrected chi connectivity index (χ0v) is 11.3. The van der Waals surface area contributed by atoms with Crippen molar-refractivity contribution in [1.82, 2.24) is 9.80 Å². The molecule has 1 saturated heterocycles. The highest BCUT2D eigenvalue weighted by molar-refractivity contribution is 14.1. The summed E-state index contributed by atoms with van der Waals surface area (Å²) in [5, 5.41) is 0. The molecule has 0 aromatic heterocycles. The summed E-state index contributed by atoms with van der Waals surface area (Å²) in [6.07, 6.45) is -6.19. The molecule has 0 aromatic rings. The van der Waals surface area contributed by atoms with Crippen LogP contribution in [0.15, 0.2) is 0 Å². The van der Waals surface area contributed by atoms with Crippen molar-refractivity contribution in [1.29, 1.82) is 0 Å². The van der Waals surface area contributed by atoms with Gasteiger partial charge in [-0.05, 0) is 0 Å². The smallest absolute Gasteiger partial charge is 0.377 e. The average molecular weight is 374 g/mol. The van der Waals surface area contributed by atoms with Crippen LogP contribution in [0.2, 0.25) is 0 Å². The number of nitrogens with zero attached hydrogens (tertiary/aromatic N) is 2. The maximum absolute atomic E-state index is 13.7.